The second kappa shape index (κ2) is 6.92. The lowest BCUT2D eigenvalue weighted by Gasteiger charge is -2.37. The molecule has 1 aromatic heterocycles. The molecule has 0 saturated heterocycles. The third-order valence-electron chi connectivity index (χ3n) is 6.01. The van der Waals surface area contributed by atoms with Crippen molar-refractivity contribution in [1.29, 1.82) is 0 Å². The first-order valence-electron chi connectivity index (χ1n) is 9.83. The summed E-state index contributed by atoms with van der Waals surface area (Å²) >= 11 is 3.67. The lowest BCUT2D eigenvalue weighted by atomic mass is 9.87. The van der Waals surface area contributed by atoms with Crippen molar-refractivity contribution in [2.75, 3.05) is 0 Å². The average Bonchev–Trinajstić information content (AvgIpc) is 3.53. The van der Waals surface area contributed by atoms with Gasteiger partial charge in [-0.1, -0.05) is 30.3 Å². The largest absolute Gasteiger partial charge is 0.333 e. The van der Waals surface area contributed by atoms with Gasteiger partial charge in [-0.3, -0.25) is 9.69 Å². The first kappa shape index (κ1) is 17.2. The van der Waals surface area contributed by atoms with Crippen molar-refractivity contribution < 1.29 is 0 Å². The van der Waals surface area contributed by atoms with Gasteiger partial charge in [0.15, 0.2) is 5.43 Å². The number of hydrogen-bond donors (Lipinski definition) is 0. The monoisotopic (exact) mass is 422 g/mol. The zero-order chi connectivity index (χ0) is 18.4. The summed E-state index contributed by atoms with van der Waals surface area (Å²) in [4.78, 5) is 15.0. The molecule has 0 radical (unpaired) electrons. The van der Waals surface area contributed by atoms with Gasteiger partial charge in [0.2, 0.25) is 0 Å². The maximum absolute atomic E-state index is 12.3. The number of fused-ring (bicyclic) bond motifs is 2. The molecular formula is C23H23BrN2O. The van der Waals surface area contributed by atoms with Crippen LogP contribution in [0.2, 0.25) is 0 Å². The minimum atomic E-state index is 0.0866. The first-order chi connectivity index (χ1) is 13.2. The van der Waals surface area contributed by atoms with E-state index in [2.05, 4.69) is 49.7 Å². The Morgan fingerprint density at radius 1 is 1.04 bits per heavy atom. The van der Waals surface area contributed by atoms with Crippen LogP contribution in [0, 0.1) is 0 Å². The molecule has 2 aromatic carbocycles. The highest BCUT2D eigenvalue weighted by molar-refractivity contribution is 9.10. The van der Waals surface area contributed by atoms with Crippen molar-refractivity contribution in [2.24, 2.45) is 0 Å². The molecule has 0 amide bonds. The highest BCUT2D eigenvalue weighted by Crippen LogP contribution is 2.41. The van der Waals surface area contributed by atoms with E-state index in [1.54, 1.807) is 6.07 Å². The van der Waals surface area contributed by atoms with Gasteiger partial charge in [-0.15, -0.1) is 0 Å². The van der Waals surface area contributed by atoms with E-state index >= 15 is 0 Å². The minimum absolute atomic E-state index is 0.0866. The number of hydrogen-bond acceptors (Lipinski definition) is 2. The molecule has 1 heterocycles. The van der Waals surface area contributed by atoms with Crippen molar-refractivity contribution >= 4 is 26.8 Å². The normalized spacial score (nSPS) is 19.4. The third-order valence-corrected chi connectivity index (χ3v) is 6.65. The summed E-state index contributed by atoms with van der Waals surface area (Å²) in [6, 6.07) is 17.7. The van der Waals surface area contributed by atoms with Gasteiger partial charge in [0.05, 0.1) is 12.2 Å². The Morgan fingerprint density at radius 2 is 1.89 bits per heavy atom. The number of nitrogens with zero attached hydrogens (tertiary/aromatic N) is 2. The fraction of sp³-hybridized carbons (Fsp3) is 0.348. The lowest BCUT2D eigenvalue weighted by molar-refractivity contribution is 0.128. The van der Waals surface area contributed by atoms with Crippen molar-refractivity contribution in [3.05, 3.63) is 80.6 Å². The summed E-state index contributed by atoms with van der Waals surface area (Å²) in [7, 11) is 0. The van der Waals surface area contributed by atoms with Crippen LogP contribution in [0.3, 0.4) is 0 Å². The van der Waals surface area contributed by atoms with Gasteiger partial charge < -0.3 is 4.57 Å². The van der Waals surface area contributed by atoms with Gasteiger partial charge in [-0.05, 0) is 71.3 Å². The second-order valence-corrected chi connectivity index (χ2v) is 8.63. The zero-order valence-corrected chi connectivity index (χ0v) is 16.9. The molecule has 1 unspecified atom stereocenters. The summed E-state index contributed by atoms with van der Waals surface area (Å²) in [6.45, 7) is 0.822. The lowest BCUT2D eigenvalue weighted by Crippen LogP contribution is -2.35. The number of pyridine rings is 1. The highest BCUT2D eigenvalue weighted by Gasteiger charge is 2.36. The Labute approximate surface area is 167 Å². The molecule has 138 valence electrons. The summed E-state index contributed by atoms with van der Waals surface area (Å²) < 4.78 is 3.23. The fourth-order valence-electron chi connectivity index (χ4n) is 4.57. The SMILES string of the molecule is O=c1ccn(CN(C2CC2)C2CCCc3ccccc32)c2c(Br)cccc12. The maximum atomic E-state index is 12.3. The number of rotatable bonds is 4. The molecule has 0 spiro atoms. The minimum Gasteiger partial charge on any atom is -0.333 e. The van der Waals surface area contributed by atoms with Crippen LogP contribution in [0.25, 0.3) is 10.9 Å². The third kappa shape index (κ3) is 3.15. The Balaban J connectivity index is 1.57. The highest BCUT2D eigenvalue weighted by atomic mass is 79.9. The van der Waals surface area contributed by atoms with E-state index in [0.717, 1.165) is 22.0 Å². The van der Waals surface area contributed by atoms with E-state index in [9.17, 15) is 4.79 Å². The predicted molar refractivity (Wildman–Crippen MR) is 113 cm³/mol. The molecule has 3 nitrogen and oxygen atoms in total. The van der Waals surface area contributed by atoms with Crippen LogP contribution in [-0.2, 0) is 13.1 Å². The fourth-order valence-corrected chi connectivity index (χ4v) is 5.16. The Morgan fingerprint density at radius 3 is 2.74 bits per heavy atom. The number of para-hydroxylation sites is 1. The first-order valence-corrected chi connectivity index (χ1v) is 10.6. The zero-order valence-electron chi connectivity index (χ0n) is 15.3. The smallest absolute Gasteiger partial charge is 0.189 e. The van der Waals surface area contributed by atoms with Crippen LogP contribution >= 0.6 is 15.9 Å². The van der Waals surface area contributed by atoms with Crippen LogP contribution in [0.1, 0.15) is 42.9 Å². The van der Waals surface area contributed by atoms with Crippen molar-refractivity contribution in [1.82, 2.24) is 9.47 Å². The summed E-state index contributed by atoms with van der Waals surface area (Å²) in [5.74, 6) is 0. The van der Waals surface area contributed by atoms with Crippen LogP contribution in [0.4, 0.5) is 0 Å². The van der Waals surface area contributed by atoms with Crippen LogP contribution in [0.5, 0.6) is 0 Å². The molecule has 4 heteroatoms. The van der Waals surface area contributed by atoms with Crippen LogP contribution in [-0.4, -0.2) is 15.5 Å². The predicted octanol–water partition coefficient (Wildman–Crippen LogP) is 5.26. The van der Waals surface area contributed by atoms with E-state index in [-0.39, 0.29) is 5.43 Å². The topological polar surface area (TPSA) is 25.2 Å². The number of aromatic nitrogens is 1. The molecule has 3 aromatic rings. The molecule has 0 N–H and O–H groups in total. The molecule has 0 aliphatic heterocycles. The van der Waals surface area contributed by atoms with E-state index in [1.807, 2.05) is 24.4 Å². The number of aryl methyl sites for hydroxylation is 1. The van der Waals surface area contributed by atoms with Gasteiger partial charge >= 0.3 is 0 Å². The summed E-state index contributed by atoms with van der Waals surface area (Å²) in [5, 5.41) is 0.784. The molecular weight excluding hydrogens is 400 g/mol. The van der Waals surface area contributed by atoms with Crippen LogP contribution < -0.4 is 5.43 Å². The molecule has 0 bridgehead atoms. The van der Waals surface area contributed by atoms with Crippen LogP contribution in [0.15, 0.2) is 64.0 Å². The van der Waals surface area contributed by atoms with Gasteiger partial charge in [0.25, 0.3) is 0 Å². The van der Waals surface area contributed by atoms with E-state index in [4.69, 9.17) is 0 Å². The standard InChI is InChI=1S/C23H23BrN2O/c24-20-9-4-8-19-22(27)13-14-25(23(19)20)15-26(17-11-12-17)21-10-3-6-16-5-1-2-7-18(16)21/h1-2,4-5,7-9,13-14,17,21H,3,6,10-12,15H2. The van der Waals surface area contributed by atoms with Crippen molar-refractivity contribution in [3.63, 3.8) is 0 Å². The molecule has 27 heavy (non-hydrogen) atoms. The van der Waals surface area contributed by atoms with Crippen molar-refractivity contribution in [3.8, 4) is 0 Å². The average molecular weight is 423 g/mol. The van der Waals surface area contributed by atoms with Gasteiger partial charge in [-0.25, -0.2) is 0 Å². The van der Waals surface area contributed by atoms with Crippen molar-refractivity contribution in [2.45, 2.75) is 50.9 Å². The molecule has 1 atom stereocenters. The van der Waals surface area contributed by atoms with E-state index in [0.29, 0.717) is 12.1 Å². The molecule has 1 fully saturated rings. The summed E-state index contributed by atoms with van der Waals surface area (Å²) in [5.41, 5.74) is 4.09. The van der Waals surface area contributed by atoms with E-state index < -0.39 is 0 Å². The quantitative estimate of drug-likeness (QED) is 0.572. The van der Waals surface area contributed by atoms with Gasteiger partial charge in [0, 0.05) is 34.2 Å². The number of benzene rings is 2. The Bertz CT molecular complexity index is 1050. The number of halogens is 1. The summed E-state index contributed by atoms with van der Waals surface area (Å²) in [6.07, 6.45) is 8.17. The Kier molecular flexibility index (Phi) is 4.41. The molecule has 2 aliphatic rings. The molecule has 1 saturated carbocycles. The molecule has 2 aliphatic carbocycles. The van der Waals surface area contributed by atoms with Gasteiger partial charge in [0.1, 0.15) is 0 Å². The molecule has 5 rings (SSSR count). The van der Waals surface area contributed by atoms with Gasteiger partial charge in [-0.2, -0.15) is 0 Å². The second-order valence-electron chi connectivity index (χ2n) is 7.78. The van der Waals surface area contributed by atoms with E-state index in [1.165, 1.54) is 43.2 Å². The maximum Gasteiger partial charge on any atom is 0.189 e. The Hall–Kier alpha value is -1.91.